The molecule has 0 aromatic heterocycles. The molecule has 2 rings (SSSR count). The molecular formula is C12H24N2. The van der Waals surface area contributed by atoms with Crippen LogP contribution in [0.2, 0.25) is 0 Å². The van der Waals surface area contributed by atoms with E-state index in [1.807, 2.05) is 0 Å². The number of likely N-dealkylation sites (tertiary alicyclic amines) is 1. The van der Waals surface area contributed by atoms with Gasteiger partial charge in [0.2, 0.25) is 0 Å². The van der Waals surface area contributed by atoms with Gasteiger partial charge in [-0.15, -0.1) is 0 Å². The van der Waals surface area contributed by atoms with Gasteiger partial charge in [0, 0.05) is 12.1 Å². The Morgan fingerprint density at radius 3 is 2.21 bits per heavy atom. The predicted molar refractivity (Wildman–Crippen MR) is 60.2 cm³/mol. The fourth-order valence-electron chi connectivity index (χ4n) is 2.65. The molecular weight excluding hydrogens is 172 g/mol. The minimum Gasteiger partial charge on any atom is -0.324 e. The van der Waals surface area contributed by atoms with E-state index >= 15 is 0 Å². The first-order chi connectivity index (χ1) is 6.68. The van der Waals surface area contributed by atoms with Crippen molar-refractivity contribution >= 4 is 0 Å². The quantitative estimate of drug-likeness (QED) is 0.748. The molecule has 82 valence electrons. The first kappa shape index (κ1) is 10.4. The van der Waals surface area contributed by atoms with Crippen molar-refractivity contribution in [3.8, 4) is 0 Å². The summed E-state index contributed by atoms with van der Waals surface area (Å²) in [6, 6.07) is 0. The minimum absolute atomic E-state index is 0.0876. The van der Waals surface area contributed by atoms with Crippen molar-refractivity contribution in [2.75, 3.05) is 19.6 Å². The lowest BCUT2D eigenvalue weighted by Gasteiger charge is -2.32. The molecule has 1 heterocycles. The molecule has 0 aromatic rings. The van der Waals surface area contributed by atoms with Gasteiger partial charge in [-0.2, -0.15) is 0 Å². The van der Waals surface area contributed by atoms with Gasteiger partial charge in [-0.05, 0) is 51.6 Å². The standard InChI is InChI=1S/C12H24N2/c1-12(13,11-6-7-11)10-14-8-4-2-3-5-9-14/h11H,2-10,13H2,1H3. The monoisotopic (exact) mass is 196 g/mol. The average Bonchev–Trinajstić information content (AvgIpc) is 2.90. The third-order valence-corrected chi connectivity index (χ3v) is 3.77. The Morgan fingerprint density at radius 2 is 1.71 bits per heavy atom. The van der Waals surface area contributed by atoms with Crippen molar-refractivity contribution in [3.63, 3.8) is 0 Å². The van der Waals surface area contributed by atoms with Gasteiger partial charge in [0.15, 0.2) is 0 Å². The average molecular weight is 196 g/mol. The molecule has 1 atom stereocenters. The van der Waals surface area contributed by atoms with Crippen LogP contribution >= 0.6 is 0 Å². The summed E-state index contributed by atoms with van der Waals surface area (Å²) in [5, 5.41) is 0. The summed E-state index contributed by atoms with van der Waals surface area (Å²) < 4.78 is 0. The van der Waals surface area contributed by atoms with E-state index in [1.54, 1.807) is 0 Å². The van der Waals surface area contributed by atoms with Crippen LogP contribution in [-0.2, 0) is 0 Å². The maximum atomic E-state index is 6.36. The van der Waals surface area contributed by atoms with Crippen LogP contribution in [0.15, 0.2) is 0 Å². The topological polar surface area (TPSA) is 29.3 Å². The highest BCUT2D eigenvalue weighted by Gasteiger charge is 2.39. The highest BCUT2D eigenvalue weighted by molar-refractivity contribution is 4.97. The molecule has 1 saturated carbocycles. The van der Waals surface area contributed by atoms with Gasteiger partial charge < -0.3 is 10.6 Å². The second kappa shape index (κ2) is 4.19. The van der Waals surface area contributed by atoms with E-state index in [4.69, 9.17) is 5.73 Å². The second-order valence-electron chi connectivity index (χ2n) is 5.47. The van der Waals surface area contributed by atoms with Gasteiger partial charge in [-0.1, -0.05) is 12.8 Å². The molecule has 2 aliphatic rings. The zero-order valence-corrected chi connectivity index (χ0v) is 9.47. The number of nitrogens with two attached hydrogens (primary N) is 1. The first-order valence-electron chi connectivity index (χ1n) is 6.20. The Kier molecular flexibility index (Phi) is 3.13. The normalized spacial score (nSPS) is 29.6. The Morgan fingerprint density at radius 1 is 1.14 bits per heavy atom. The summed E-state index contributed by atoms with van der Waals surface area (Å²) in [4.78, 5) is 2.59. The van der Waals surface area contributed by atoms with Crippen LogP contribution in [0.3, 0.4) is 0 Å². The van der Waals surface area contributed by atoms with Gasteiger partial charge in [-0.3, -0.25) is 0 Å². The smallest absolute Gasteiger partial charge is 0.0283 e. The molecule has 1 unspecified atom stereocenters. The first-order valence-corrected chi connectivity index (χ1v) is 6.20. The van der Waals surface area contributed by atoms with Gasteiger partial charge in [0.25, 0.3) is 0 Å². The lowest BCUT2D eigenvalue weighted by Crippen LogP contribution is -2.49. The fourth-order valence-corrected chi connectivity index (χ4v) is 2.65. The summed E-state index contributed by atoms with van der Waals surface area (Å²) in [5.74, 6) is 0.811. The molecule has 0 amide bonds. The van der Waals surface area contributed by atoms with E-state index in [-0.39, 0.29) is 5.54 Å². The maximum absolute atomic E-state index is 6.36. The van der Waals surface area contributed by atoms with Crippen molar-refractivity contribution in [3.05, 3.63) is 0 Å². The lowest BCUT2D eigenvalue weighted by atomic mass is 9.96. The molecule has 0 aromatic carbocycles. The van der Waals surface area contributed by atoms with Gasteiger partial charge in [0.05, 0.1) is 0 Å². The summed E-state index contributed by atoms with van der Waals surface area (Å²) in [7, 11) is 0. The summed E-state index contributed by atoms with van der Waals surface area (Å²) >= 11 is 0. The van der Waals surface area contributed by atoms with E-state index in [9.17, 15) is 0 Å². The highest BCUT2D eigenvalue weighted by Crippen LogP contribution is 2.38. The van der Waals surface area contributed by atoms with Crippen LogP contribution in [0, 0.1) is 5.92 Å². The van der Waals surface area contributed by atoms with Crippen LogP contribution in [0.4, 0.5) is 0 Å². The molecule has 2 fully saturated rings. The van der Waals surface area contributed by atoms with Crippen molar-refractivity contribution in [1.29, 1.82) is 0 Å². The Labute approximate surface area is 87.8 Å². The van der Waals surface area contributed by atoms with E-state index in [2.05, 4.69) is 11.8 Å². The van der Waals surface area contributed by atoms with E-state index in [1.165, 1.54) is 51.6 Å². The second-order valence-corrected chi connectivity index (χ2v) is 5.47. The summed E-state index contributed by atoms with van der Waals surface area (Å²) in [6.45, 7) is 5.92. The van der Waals surface area contributed by atoms with E-state index in [0.29, 0.717) is 0 Å². The molecule has 2 nitrogen and oxygen atoms in total. The Hall–Kier alpha value is -0.0800. The lowest BCUT2D eigenvalue weighted by molar-refractivity contribution is 0.208. The minimum atomic E-state index is 0.0876. The predicted octanol–water partition coefficient (Wildman–Crippen LogP) is 1.99. The maximum Gasteiger partial charge on any atom is 0.0283 e. The third kappa shape index (κ3) is 2.71. The summed E-state index contributed by atoms with van der Waals surface area (Å²) in [5.41, 5.74) is 6.45. The van der Waals surface area contributed by atoms with E-state index in [0.717, 1.165) is 12.5 Å². The van der Waals surface area contributed by atoms with Crippen molar-refractivity contribution in [1.82, 2.24) is 4.90 Å². The molecule has 1 aliphatic heterocycles. The molecule has 2 N–H and O–H groups in total. The molecule has 14 heavy (non-hydrogen) atoms. The van der Waals surface area contributed by atoms with Gasteiger partial charge >= 0.3 is 0 Å². The molecule has 1 aliphatic carbocycles. The molecule has 1 saturated heterocycles. The molecule has 0 radical (unpaired) electrons. The van der Waals surface area contributed by atoms with Crippen LogP contribution in [-0.4, -0.2) is 30.1 Å². The largest absolute Gasteiger partial charge is 0.324 e. The zero-order chi connectivity index (χ0) is 10.0. The van der Waals surface area contributed by atoms with Crippen molar-refractivity contribution in [2.45, 2.75) is 51.0 Å². The highest BCUT2D eigenvalue weighted by atomic mass is 15.1. The number of nitrogens with zero attached hydrogens (tertiary/aromatic N) is 1. The molecule has 0 spiro atoms. The SMILES string of the molecule is CC(N)(CN1CCCCCC1)C1CC1. The van der Waals surface area contributed by atoms with E-state index < -0.39 is 0 Å². The molecule has 0 bridgehead atoms. The van der Waals surface area contributed by atoms with Crippen LogP contribution < -0.4 is 5.73 Å². The number of rotatable bonds is 3. The third-order valence-electron chi connectivity index (χ3n) is 3.77. The molecule has 2 heteroatoms. The zero-order valence-electron chi connectivity index (χ0n) is 9.47. The van der Waals surface area contributed by atoms with Gasteiger partial charge in [-0.25, -0.2) is 0 Å². The fraction of sp³-hybridized carbons (Fsp3) is 1.00. The van der Waals surface area contributed by atoms with Crippen molar-refractivity contribution < 1.29 is 0 Å². The number of hydrogen-bond donors (Lipinski definition) is 1. The van der Waals surface area contributed by atoms with Gasteiger partial charge in [0.1, 0.15) is 0 Å². The van der Waals surface area contributed by atoms with Crippen LogP contribution in [0.25, 0.3) is 0 Å². The summed E-state index contributed by atoms with van der Waals surface area (Å²) in [6.07, 6.45) is 8.31. The number of hydrogen-bond acceptors (Lipinski definition) is 2. The Balaban J connectivity index is 1.82. The van der Waals surface area contributed by atoms with Crippen molar-refractivity contribution in [2.24, 2.45) is 11.7 Å². The van der Waals surface area contributed by atoms with Crippen LogP contribution in [0.5, 0.6) is 0 Å². The Bertz CT molecular complexity index is 177. The van der Waals surface area contributed by atoms with Crippen LogP contribution in [0.1, 0.15) is 45.4 Å².